The van der Waals surface area contributed by atoms with Crippen molar-refractivity contribution in [1.82, 2.24) is 25.1 Å². The fourth-order valence-corrected chi connectivity index (χ4v) is 5.16. The highest BCUT2D eigenvalue weighted by Gasteiger charge is 2.28. The summed E-state index contributed by atoms with van der Waals surface area (Å²) < 4.78 is 1.88. The standard InChI is InChI=1S/C26H33N5O2/c1-15(2)31-24-21(14-28-31)20(12-23(30-24)18-9-10-18)25(32)27-13-22-19(11-16(3)29-26(22)33)17-7-5-4-6-8-17/h11-12,14-15,17-18H,4-10,13H2,1-3H3,(H,27,32)(H,29,33). The number of carbonyl (C=O) groups is 1. The van der Waals surface area contributed by atoms with Gasteiger partial charge in [-0.2, -0.15) is 5.10 Å². The molecule has 0 atom stereocenters. The number of aromatic nitrogens is 4. The summed E-state index contributed by atoms with van der Waals surface area (Å²) in [5.74, 6) is 0.640. The highest BCUT2D eigenvalue weighted by atomic mass is 16.1. The van der Waals surface area contributed by atoms with Crippen molar-refractivity contribution in [3.63, 3.8) is 0 Å². The molecule has 7 heteroatoms. The highest BCUT2D eigenvalue weighted by molar-refractivity contribution is 6.05. The second-order valence-electron chi connectivity index (χ2n) is 10.0. The van der Waals surface area contributed by atoms with Gasteiger partial charge in [0.25, 0.3) is 11.5 Å². The van der Waals surface area contributed by atoms with E-state index < -0.39 is 0 Å². The number of nitrogens with zero attached hydrogens (tertiary/aromatic N) is 3. The first-order valence-electron chi connectivity index (χ1n) is 12.3. The van der Waals surface area contributed by atoms with Crippen LogP contribution in [0.15, 0.2) is 23.1 Å². The number of carbonyl (C=O) groups excluding carboxylic acids is 1. The first kappa shape index (κ1) is 21.9. The molecule has 2 N–H and O–H groups in total. The SMILES string of the molecule is Cc1cc(C2CCCCC2)c(CNC(=O)c2cc(C3CC3)nc3c2cnn3C(C)C)c(=O)[nH]1. The van der Waals surface area contributed by atoms with Gasteiger partial charge in [-0.1, -0.05) is 19.3 Å². The number of pyridine rings is 2. The van der Waals surface area contributed by atoms with Gasteiger partial charge in [0.2, 0.25) is 0 Å². The average Bonchev–Trinajstić information content (AvgIpc) is 3.56. The number of rotatable bonds is 6. The highest BCUT2D eigenvalue weighted by Crippen LogP contribution is 2.40. The van der Waals surface area contributed by atoms with Crippen molar-refractivity contribution in [3.05, 3.63) is 56.8 Å². The Balaban J connectivity index is 1.46. The molecule has 0 aliphatic heterocycles. The summed E-state index contributed by atoms with van der Waals surface area (Å²) in [7, 11) is 0. The normalized spacial score (nSPS) is 17.1. The Morgan fingerprint density at radius 2 is 1.91 bits per heavy atom. The molecule has 0 saturated heterocycles. The minimum Gasteiger partial charge on any atom is -0.348 e. The zero-order chi connectivity index (χ0) is 23.1. The van der Waals surface area contributed by atoms with Gasteiger partial charge in [0.05, 0.1) is 17.1 Å². The van der Waals surface area contributed by atoms with Gasteiger partial charge in [-0.25, -0.2) is 9.67 Å². The second-order valence-corrected chi connectivity index (χ2v) is 10.0. The molecule has 33 heavy (non-hydrogen) atoms. The Kier molecular flexibility index (Phi) is 5.81. The Morgan fingerprint density at radius 3 is 2.61 bits per heavy atom. The molecule has 2 aliphatic rings. The lowest BCUT2D eigenvalue weighted by atomic mass is 9.82. The van der Waals surface area contributed by atoms with E-state index in [0.29, 0.717) is 23.0 Å². The van der Waals surface area contributed by atoms with Gasteiger partial charge < -0.3 is 10.3 Å². The van der Waals surface area contributed by atoms with E-state index in [0.717, 1.165) is 53.7 Å². The molecule has 3 aromatic rings. The summed E-state index contributed by atoms with van der Waals surface area (Å²) >= 11 is 0. The van der Waals surface area contributed by atoms with E-state index in [1.54, 1.807) is 6.20 Å². The lowest BCUT2D eigenvalue weighted by molar-refractivity contribution is 0.0952. The van der Waals surface area contributed by atoms with E-state index in [1.807, 2.05) is 17.7 Å². The predicted octanol–water partition coefficient (Wildman–Crippen LogP) is 4.86. The summed E-state index contributed by atoms with van der Waals surface area (Å²) in [6.07, 6.45) is 9.82. The Hall–Kier alpha value is -2.96. The van der Waals surface area contributed by atoms with Gasteiger partial charge in [-0.3, -0.25) is 9.59 Å². The van der Waals surface area contributed by atoms with Crippen LogP contribution in [0.25, 0.3) is 11.0 Å². The third-order valence-corrected chi connectivity index (χ3v) is 7.09. The molecule has 174 valence electrons. The lowest BCUT2D eigenvalue weighted by Crippen LogP contribution is -2.29. The van der Waals surface area contributed by atoms with Crippen molar-refractivity contribution in [2.75, 3.05) is 0 Å². The fraction of sp³-hybridized carbons (Fsp3) is 0.538. The van der Waals surface area contributed by atoms with Crippen LogP contribution < -0.4 is 10.9 Å². The zero-order valence-corrected chi connectivity index (χ0v) is 19.8. The topological polar surface area (TPSA) is 92.7 Å². The molecule has 5 rings (SSSR count). The third kappa shape index (κ3) is 4.33. The van der Waals surface area contributed by atoms with Crippen molar-refractivity contribution in [2.24, 2.45) is 0 Å². The van der Waals surface area contributed by atoms with E-state index in [-0.39, 0.29) is 24.1 Å². The lowest BCUT2D eigenvalue weighted by Gasteiger charge is -2.24. The monoisotopic (exact) mass is 447 g/mol. The van der Waals surface area contributed by atoms with Crippen molar-refractivity contribution < 1.29 is 4.79 Å². The molecule has 1 amide bonds. The molecule has 0 radical (unpaired) electrons. The van der Waals surface area contributed by atoms with Crippen LogP contribution in [-0.4, -0.2) is 25.7 Å². The van der Waals surface area contributed by atoms with Crippen LogP contribution in [0.3, 0.4) is 0 Å². The minimum absolute atomic E-state index is 0.0953. The van der Waals surface area contributed by atoms with Crippen LogP contribution in [0.2, 0.25) is 0 Å². The van der Waals surface area contributed by atoms with Crippen molar-refractivity contribution >= 4 is 16.9 Å². The van der Waals surface area contributed by atoms with E-state index in [2.05, 4.69) is 35.3 Å². The zero-order valence-electron chi connectivity index (χ0n) is 19.8. The van der Waals surface area contributed by atoms with Crippen LogP contribution in [0.4, 0.5) is 0 Å². The quantitative estimate of drug-likeness (QED) is 0.564. The molecule has 3 aromatic heterocycles. The molecular weight excluding hydrogens is 414 g/mol. The minimum atomic E-state index is -0.179. The maximum Gasteiger partial charge on any atom is 0.253 e. The number of amides is 1. The first-order valence-corrected chi connectivity index (χ1v) is 12.3. The van der Waals surface area contributed by atoms with E-state index in [1.165, 1.54) is 19.3 Å². The number of hydrogen-bond donors (Lipinski definition) is 2. The van der Waals surface area contributed by atoms with Crippen LogP contribution >= 0.6 is 0 Å². The molecular formula is C26H33N5O2. The largest absolute Gasteiger partial charge is 0.348 e. The summed E-state index contributed by atoms with van der Waals surface area (Å²) in [6, 6.07) is 4.18. The summed E-state index contributed by atoms with van der Waals surface area (Å²) in [5, 5.41) is 8.30. The van der Waals surface area contributed by atoms with E-state index in [9.17, 15) is 9.59 Å². The summed E-state index contributed by atoms with van der Waals surface area (Å²) in [5.41, 5.74) is 4.89. The number of nitrogens with one attached hydrogen (secondary N) is 2. The predicted molar refractivity (Wildman–Crippen MR) is 129 cm³/mol. The van der Waals surface area contributed by atoms with Gasteiger partial charge >= 0.3 is 0 Å². The van der Waals surface area contributed by atoms with E-state index >= 15 is 0 Å². The number of hydrogen-bond acceptors (Lipinski definition) is 4. The molecule has 2 saturated carbocycles. The van der Waals surface area contributed by atoms with Gasteiger partial charge in [0.15, 0.2) is 5.65 Å². The maximum absolute atomic E-state index is 13.4. The Bertz CT molecular complexity index is 1250. The van der Waals surface area contributed by atoms with E-state index in [4.69, 9.17) is 4.98 Å². The first-order chi connectivity index (χ1) is 15.9. The maximum atomic E-state index is 13.4. The van der Waals surface area contributed by atoms with Crippen LogP contribution in [-0.2, 0) is 6.54 Å². The third-order valence-electron chi connectivity index (χ3n) is 7.09. The molecule has 3 heterocycles. The van der Waals surface area contributed by atoms with Gasteiger partial charge in [0, 0.05) is 35.5 Å². The van der Waals surface area contributed by atoms with Crippen molar-refractivity contribution in [3.8, 4) is 0 Å². The van der Waals surface area contributed by atoms with Crippen LogP contribution in [0.1, 0.15) is 110 Å². The smallest absolute Gasteiger partial charge is 0.253 e. The van der Waals surface area contributed by atoms with Crippen LogP contribution in [0, 0.1) is 6.92 Å². The number of aromatic amines is 1. The van der Waals surface area contributed by atoms with Gasteiger partial charge in [-0.15, -0.1) is 0 Å². The molecule has 0 spiro atoms. The molecule has 0 bridgehead atoms. The molecule has 0 unspecified atom stereocenters. The van der Waals surface area contributed by atoms with Gasteiger partial charge in [-0.05, 0) is 70.1 Å². The van der Waals surface area contributed by atoms with Crippen LogP contribution in [0.5, 0.6) is 0 Å². The number of H-pyrrole nitrogens is 1. The van der Waals surface area contributed by atoms with Crippen molar-refractivity contribution in [2.45, 2.75) is 90.1 Å². The number of aryl methyl sites for hydroxylation is 1. The van der Waals surface area contributed by atoms with Crippen molar-refractivity contribution in [1.29, 1.82) is 0 Å². The fourth-order valence-electron chi connectivity index (χ4n) is 5.16. The molecule has 7 nitrogen and oxygen atoms in total. The van der Waals surface area contributed by atoms with Gasteiger partial charge in [0.1, 0.15) is 0 Å². The Morgan fingerprint density at radius 1 is 1.15 bits per heavy atom. The molecule has 2 fully saturated rings. The summed E-state index contributed by atoms with van der Waals surface area (Å²) in [6.45, 7) is 6.28. The summed E-state index contributed by atoms with van der Waals surface area (Å²) in [4.78, 5) is 34.0. The second kappa shape index (κ2) is 8.76. The molecule has 0 aromatic carbocycles. The average molecular weight is 448 g/mol. The molecule has 2 aliphatic carbocycles. The number of fused-ring (bicyclic) bond motifs is 1. The Labute approximate surface area is 194 Å².